The lowest BCUT2D eigenvalue weighted by atomic mass is 9.79. The third kappa shape index (κ3) is 3.34. The van der Waals surface area contributed by atoms with Crippen LogP contribution in [0, 0.1) is 23.7 Å². The minimum absolute atomic E-state index is 0.0424. The van der Waals surface area contributed by atoms with E-state index < -0.39 is 0 Å². The molecule has 1 N–H and O–H groups in total. The van der Waals surface area contributed by atoms with E-state index in [1.165, 1.54) is 0 Å². The van der Waals surface area contributed by atoms with Crippen LogP contribution in [0.1, 0.15) is 43.0 Å². The van der Waals surface area contributed by atoms with Gasteiger partial charge >= 0.3 is 11.9 Å². The fourth-order valence-electron chi connectivity index (χ4n) is 4.85. The van der Waals surface area contributed by atoms with E-state index in [0.717, 1.165) is 25.7 Å². The van der Waals surface area contributed by atoms with Gasteiger partial charge in [-0.05, 0) is 43.0 Å². The van der Waals surface area contributed by atoms with Gasteiger partial charge in [-0.15, -0.1) is 0 Å². The van der Waals surface area contributed by atoms with Crippen LogP contribution in [0.2, 0.25) is 0 Å². The predicted molar refractivity (Wildman–Crippen MR) is 106 cm³/mol. The molecule has 0 spiro atoms. The van der Waals surface area contributed by atoms with E-state index in [4.69, 9.17) is 9.47 Å². The number of carbonyl (C=O) groups excluding carboxylic acids is 3. The van der Waals surface area contributed by atoms with E-state index in [0.29, 0.717) is 17.9 Å². The zero-order valence-corrected chi connectivity index (χ0v) is 17.3. The van der Waals surface area contributed by atoms with Crippen LogP contribution >= 0.6 is 15.9 Å². The molecule has 4 rings (SSSR count). The lowest BCUT2D eigenvalue weighted by Gasteiger charge is -2.27. The first-order chi connectivity index (χ1) is 13.5. The summed E-state index contributed by atoms with van der Waals surface area (Å²) in [5.41, 5.74) is 1.06. The molecule has 1 heterocycles. The molecule has 1 aliphatic heterocycles. The van der Waals surface area contributed by atoms with Gasteiger partial charge in [-0.1, -0.05) is 35.7 Å². The molecule has 6 atom stereocenters. The van der Waals surface area contributed by atoms with E-state index in [-0.39, 0.29) is 52.4 Å². The number of rotatable bonds is 7. The Morgan fingerprint density at radius 1 is 1.21 bits per heavy atom. The lowest BCUT2D eigenvalue weighted by Crippen LogP contribution is -2.40. The van der Waals surface area contributed by atoms with Crippen molar-refractivity contribution in [1.29, 1.82) is 0 Å². The van der Waals surface area contributed by atoms with Gasteiger partial charge in [0.05, 0.1) is 28.8 Å². The maximum atomic E-state index is 12.9. The maximum Gasteiger partial charge on any atom is 0.338 e. The van der Waals surface area contributed by atoms with Gasteiger partial charge in [-0.25, -0.2) is 4.79 Å². The zero-order chi connectivity index (χ0) is 19.8. The monoisotopic (exact) mass is 449 g/mol. The Hall–Kier alpha value is -1.89. The second-order valence-electron chi connectivity index (χ2n) is 7.87. The van der Waals surface area contributed by atoms with Crippen LogP contribution in [-0.2, 0) is 19.1 Å². The highest BCUT2D eigenvalue weighted by Gasteiger charge is 2.67. The van der Waals surface area contributed by atoms with E-state index in [9.17, 15) is 14.4 Å². The molecule has 0 aromatic heterocycles. The minimum atomic E-state index is -0.371. The van der Waals surface area contributed by atoms with Crippen LogP contribution in [0.5, 0.6) is 0 Å². The van der Waals surface area contributed by atoms with Gasteiger partial charge in [0.25, 0.3) is 0 Å². The molecular formula is C21H24BrNO5. The van der Waals surface area contributed by atoms with Crippen molar-refractivity contribution in [2.24, 2.45) is 23.7 Å². The molecule has 7 heteroatoms. The second kappa shape index (κ2) is 7.85. The summed E-state index contributed by atoms with van der Waals surface area (Å²) >= 11 is 3.62. The minimum Gasteiger partial charge on any atom is -0.462 e. The third-order valence-electron chi connectivity index (χ3n) is 6.19. The maximum absolute atomic E-state index is 12.9. The first-order valence-corrected chi connectivity index (χ1v) is 10.9. The lowest BCUT2D eigenvalue weighted by molar-refractivity contribution is -0.145. The number of ether oxygens (including phenoxy) is 2. The van der Waals surface area contributed by atoms with E-state index in [1.54, 1.807) is 24.3 Å². The molecule has 1 amide bonds. The molecule has 1 aromatic carbocycles. The van der Waals surface area contributed by atoms with Crippen LogP contribution in [0.25, 0.3) is 0 Å². The van der Waals surface area contributed by atoms with Crippen LogP contribution in [0.4, 0.5) is 5.69 Å². The number of benzene rings is 1. The molecule has 0 radical (unpaired) electrons. The van der Waals surface area contributed by atoms with Gasteiger partial charge in [-0.3, -0.25) is 9.59 Å². The molecule has 150 valence electrons. The Morgan fingerprint density at radius 3 is 2.68 bits per heavy atom. The first kappa shape index (κ1) is 19.4. The van der Waals surface area contributed by atoms with E-state index in [1.807, 2.05) is 0 Å². The van der Waals surface area contributed by atoms with Crippen LogP contribution in [-0.4, -0.2) is 35.4 Å². The summed E-state index contributed by atoms with van der Waals surface area (Å²) < 4.78 is 10.7. The molecule has 6 nitrogen and oxygen atoms in total. The summed E-state index contributed by atoms with van der Waals surface area (Å²) in [6.07, 6.45) is 3.72. The van der Waals surface area contributed by atoms with Crippen molar-refractivity contribution in [1.82, 2.24) is 0 Å². The van der Waals surface area contributed by atoms with Gasteiger partial charge in [0, 0.05) is 11.6 Å². The number of alkyl halides is 1. The number of anilines is 1. The van der Waals surface area contributed by atoms with Crippen molar-refractivity contribution >= 4 is 39.5 Å². The largest absolute Gasteiger partial charge is 0.462 e. The molecule has 2 aliphatic carbocycles. The van der Waals surface area contributed by atoms with E-state index >= 15 is 0 Å². The van der Waals surface area contributed by atoms with Crippen molar-refractivity contribution in [3.63, 3.8) is 0 Å². The predicted octanol–water partition coefficient (Wildman–Crippen LogP) is 3.54. The quantitative estimate of drug-likeness (QED) is 0.391. The molecule has 2 bridgehead atoms. The van der Waals surface area contributed by atoms with Crippen molar-refractivity contribution < 1.29 is 23.9 Å². The van der Waals surface area contributed by atoms with Crippen molar-refractivity contribution in [2.75, 3.05) is 11.9 Å². The smallest absolute Gasteiger partial charge is 0.338 e. The fraction of sp³-hybridized carbons (Fsp3) is 0.571. The van der Waals surface area contributed by atoms with Gasteiger partial charge < -0.3 is 14.8 Å². The van der Waals surface area contributed by atoms with Gasteiger partial charge in [-0.2, -0.15) is 0 Å². The van der Waals surface area contributed by atoms with Gasteiger partial charge in [0.1, 0.15) is 6.10 Å². The summed E-state index contributed by atoms with van der Waals surface area (Å²) in [7, 11) is 0. The highest BCUT2D eigenvalue weighted by atomic mass is 79.9. The summed E-state index contributed by atoms with van der Waals surface area (Å²) in [5.74, 6) is -1.21. The number of halogens is 1. The Morgan fingerprint density at radius 2 is 1.96 bits per heavy atom. The normalized spacial score (nSPS) is 32.3. The number of hydrogen-bond donors (Lipinski definition) is 1. The van der Waals surface area contributed by atoms with Crippen molar-refractivity contribution in [2.45, 2.75) is 43.5 Å². The Kier molecular flexibility index (Phi) is 5.45. The number of esters is 2. The van der Waals surface area contributed by atoms with Crippen LogP contribution in [0.3, 0.4) is 0 Å². The summed E-state index contributed by atoms with van der Waals surface area (Å²) in [4.78, 5) is 37.1. The zero-order valence-electron chi connectivity index (χ0n) is 15.7. The Bertz CT molecular complexity index is 780. The SMILES string of the molecule is CCCCCOC(=O)c1ccc(NC(=O)[C@@H]2[C@H]3C[C@H]4[C@H](OC(=O)[C@H]42)[C@@H]3Br)cc1. The van der Waals surface area contributed by atoms with Gasteiger partial charge in [0.2, 0.25) is 5.91 Å². The van der Waals surface area contributed by atoms with Crippen LogP contribution < -0.4 is 5.32 Å². The first-order valence-electron chi connectivity index (χ1n) is 9.94. The average molecular weight is 450 g/mol. The summed E-state index contributed by atoms with van der Waals surface area (Å²) in [6.45, 7) is 2.51. The molecule has 1 saturated heterocycles. The second-order valence-corrected chi connectivity index (χ2v) is 8.93. The highest BCUT2D eigenvalue weighted by Crippen LogP contribution is 2.60. The molecule has 0 unspecified atom stereocenters. The molecule has 3 fully saturated rings. The number of amides is 1. The number of hydrogen-bond acceptors (Lipinski definition) is 5. The van der Waals surface area contributed by atoms with Crippen LogP contribution in [0.15, 0.2) is 24.3 Å². The van der Waals surface area contributed by atoms with Gasteiger partial charge in [0.15, 0.2) is 0 Å². The fourth-order valence-corrected chi connectivity index (χ4v) is 5.89. The Balaban J connectivity index is 1.36. The van der Waals surface area contributed by atoms with Crippen molar-refractivity contribution in [3.8, 4) is 0 Å². The average Bonchev–Trinajstić information content (AvgIpc) is 3.30. The molecule has 2 saturated carbocycles. The van der Waals surface area contributed by atoms with E-state index in [2.05, 4.69) is 28.2 Å². The number of carbonyl (C=O) groups is 3. The molecule has 3 aliphatic rings. The molecule has 1 aromatic rings. The number of unbranched alkanes of at least 4 members (excludes halogenated alkanes) is 2. The third-order valence-corrected chi connectivity index (χ3v) is 7.40. The topological polar surface area (TPSA) is 81.7 Å². The summed E-state index contributed by atoms with van der Waals surface area (Å²) in [5, 5.41) is 2.90. The standard InChI is InChI=1S/C21H24BrNO5/c1-2-3-4-9-27-20(25)11-5-7-12(8-6-11)23-19(24)15-13-10-14-16(15)21(26)28-18(14)17(13)22/h5-8,13-18H,2-4,9-10H2,1H3,(H,23,24)/t13-,14-,15-,16-,17-,18+/m1/s1. The molecule has 28 heavy (non-hydrogen) atoms. The Labute approximate surface area is 172 Å². The number of fused-ring (bicyclic) bond motifs is 1. The number of nitrogens with one attached hydrogen (secondary N) is 1. The summed E-state index contributed by atoms with van der Waals surface area (Å²) in [6, 6.07) is 6.67. The molecular weight excluding hydrogens is 426 g/mol. The highest BCUT2D eigenvalue weighted by molar-refractivity contribution is 9.09. The van der Waals surface area contributed by atoms with Crippen molar-refractivity contribution in [3.05, 3.63) is 29.8 Å².